The van der Waals surface area contributed by atoms with Crippen molar-refractivity contribution >= 4 is 15.9 Å². The third kappa shape index (κ3) is 4.06. The third-order valence-corrected chi connectivity index (χ3v) is 4.92. The predicted molar refractivity (Wildman–Crippen MR) is 89.7 cm³/mol. The first-order valence-electron chi connectivity index (χ1n) is 7.87. The van der Waals surface area contributed by atoms with Crippen LogP contribution in [0.15, 0.2) is 28.7 Å². The highest BCUT2D eigenvalue weighted by atomic mass is 79.9. The van der Waals surface area contributed by atoms with E-state index in [4.69, 9.17) is 5.73 Å². The largest absolute Gasteiger partial charge is 0.326 e. The Hall–Kier alpha value is -0.380. The Morgan fingerprint density at radius 3 is 2.60 bits per heavy atom. The van der Waals surface area contributed by atoms with Gasteiger partial charge in [-0.05, 0) is 56.5 Å². The second kappa shape index (κ2) is 7.58. The molecule has 20 heavy (non-hydrogen) atoms. The number of halogens is 1. The molecule has 2 rings (SSSR count). The summed E-state index contributed by atoms with van der Waals surface area (Å²) < 4.78 is 1.14. The van der Waals surface area contributed by atoms with E-state index in [-0.39, 0.29) is 6.04 Å². The van der Waals surface area contributed by atoms with E-state index in [0.29, 0.717) is 6.04 Å². The molecule has 0 bridgehead atoms. The molecule has 0 saturated carbocycles. The van der Waals surface area contributed by atoms with Crippen LogP contribution in [0.4, 0.5) is 0 Å². The van der Waals surface area contributed by atoms with Crippen molar-refractivity contribution in [1.82, 2.24) is 4.90 Å². The van der Waals surface area contributed by atoms with E-state index in [1.165, 1.54) is 44.3 Å². The van der Waals surface area contributed by atoms with Gasteiger partial charge in [0.25, 0.3) is 0 Å². The number of nitrogens with two attached hydrogens (primary N) is 1. The van der Waals surface area contributed by atoms with E-state index in [1.807, 2.05) is 0 Å². The third-order valence-electron chi connectivity index (χ3n) is 4.43. The summed E-state index contributed by atoms with van der Waals surface area (Å²) in [5.41, 5.74) is 7.62. The lowest BCUT2D eigenvalue weighted by Crippen LogP contribution is -2.43. The fraction of sp³-hybridized carbons (Fsp3) is 0.647. The number of nitrogens with zero attached hydrogens (tertiary/aromatic N) is 1. The molecule has 1 fully saturated rings. The number of benzene rings is 1. The van der Waals surface area contributed by atoms with Crippen LogP contribution in [0.1, 0.15) is 51.1 Å². The molecule has 2 atom stereocenters. The fourth-order valence-electron chi connectivity index (χ4n) is 3.47. The minimum absolute atomic E-state index is 0.159. The lowest BCUT2D eigenvalue weighted by molar-refractivity contribution is 0.115. The van der Waals surface area contributed by atoms with Gasteiger partial charge < -0.3 is 5.73 Å². The topological polar surface area (TPSA) is 29.3 Å². The summed E-state index contributed by atoms with van der Waals surface area (Å²) in [6.45, 7) is 6.79. The van der Waals surface area contributed by atoms with Gasteiger partial charge in [0.15, 0.2) is 0 Å². The van der Waals surface area contributed by atoms with Crippen LogP contribution in [0.5, 0.6) is 0 Å². The van der Waals surface area contributed by atoms with Crippen LogP contribution in [0.2, 0.25) is 0 Å². The van der Waals surface area contributed by atoms with Gasteiger partial charge in [0.2, 0.25) is 0 Å². The Labute approximate surface area is 131 Å². The van der Waals surface area contributed by atoms with Crippen LogP contribution in [-0.4, -0.2) is 24.0 Å². The van der Waals surface area contributed by atoms with Gasteiger partial charge >= 0.3 is 0 Å². The summed E-state index contributed by atoms with van der Waals surface area (Å²) in [5, 5.41) is 0. The highest BCUT2D eigenvalue weighted by molar-refractivity contribution is 9.10. The second-order valence-corrected chi connectivity index (χ2v) is 7.04. The molecule has 3 heteroatoms. The van der Waals surface area contributed by atoms with Gasteiger partial charge in [0.05, 0.1) is 0 Å². The minimum atomic E-state index is 0.159. The maximum Gasteiger partial charge on any atom is 0.0496 e. The van der Waals surface area contributed by atoms with Crippen molar-refractivity contribution in [3.63, 3.8) is 0 Å². The maximum absolute atomic E-state index is 6.29. The molecule has 1 aliphatic rings. The zero-order valence-corrected chi connectivity index (χ0v) is 14.3. The Morgan fingerprint density at radius 2 is 2.05 bits per heavy atom. The minimum Gasteiger partial charge on any atom is -0.326 e. The molecule has 2 N–H and O–H groups in total. The van der Waals surface area contributed by atoms with E-state index >= 15 is 0 Å². The summed E-state index contributed by atoms with van der Waals surface area (Å²) in [5.74, 6) is 0.924. The van der Waals surface area contributed by atoms with Gasteiger partial charge in [-0.1, -0.05) is 47.8 Å². The quantitative estimate of drug-likeness (QED) is 0.864. The first kappa shape index (κ1) is 16.0. The average molecular weight is 339 g/mol. The molecule has 1 aliphatic heterocycles. The molecule has 0 spiro atoms. The van der Waals surface area contributed by atoms with E-state index in [2.05, 4.69) is 58.9 Å². The molecule has 0 aliphatic carbocycles. The van der Waals surface area contributed by atoms with E-state index in [0.717, 1.165) is 10.4 Å². The van der Waals surface area contributed by atoms with Crippen molar-refractivity contribution in [2.45, 2.75) is 51.6 Å². The van der Waals surface area contributed by atoms with E-state index in [9.17, 15) is 0 Å². The van der Waals surface area contributed by atoms with Crippen molar-refractivity contribution in [2.24, 2.45) is 11.7 Å². The van der Waals surface area contributed by atoms with E-state index < -0.39 is 0 Å². The molecule has 1 aromatic carbocycles. The maximum atomic E-state index is 6.29. The Bertz CT molecular complexity index is 411. The fourth-order valence-corrected chi connectivity index (χ4v) is 3.88. The van der Waals surface area contributed by atoms with E-state index in [1.54, 1.807) is 0 Å². The number of piperidine rings is 1. The summed E-state index contributed by atoms with van der Waals surface area (Å²) in [7, 11) is 0. The van der Waals surface area contributed by atoms with Crippen molar-refractivity contribution in [2.75, 3.05) is 13.1 Å². The van der Waals surface area contributed by atoms with Gasteiger partial charge in [0.1, 0.15) is 0 Å². The molecule has 0 radical (unpaired) electrons. The Morgan fingerprint density at radius 1 is 1.35 bits per heavy atom. The van der Waals surface area contributed by atoms with Crippen LogP contribution in [-0.2, 0) is 0 Å². The van der Waals surface area contributed by atoms with Crippen LogP contribution in [0, 0.1) is 5.92 Å². The Balaban J connectivity index is 2.07. The molecule has 2 unspecified atom stereocenters. The van der Waals surface area contributed by atoms with Gasteiger partial charge in [-0.2, -0.15) is 0 Å². The van der Waals surface area contributed by atoms with Crippen molar-refractivity contribution in [3.05, 3.63) is 34.3 Å². The van der Waals surface area contributed by atoms with Crippen molar-refractivity contribution in [1.29, 1.82) is 0 Å². The highest BCUT2D eigenvalue weighted by Crippen LogP contribution is 2.31. The lowest BCUT2D eigenvalue weighted by Gasteiger charge is -2.39. The molecule has 112 valence electrons. The molecule has 0 aromatic heterocycles. The number of hydrogen-bond donors (Lipinski definition) is 1. The van der Waals surface area contributed by atoms with Crippen LogP contribution in [0.25, 0.3) is 0 Å². The average Bonchev–Trinajstić information content (AvgIpc) is 2.41. The standard InChI is InChI=1S/C17H27BrN2/c1-3-5-14-8-10-20(11-9-14)17(13(2)19)15-6-4-7-16(18)12-15/h4,6-7,12-14,17H,3,5,8-11,19H2,1-2H3. The molecule has 1 heterocycles. The van der Waals surface area contributed by atoms with Crippen molar-refractivity contribution in [3.8, 4) is 0 Å². The van der Waals surface area contributed by atoms with Crippen LogP contribution < -0.4 is 5.73 Å². The summed E-state index contributed by atoms with van der Waals surface area (Å²) in [6, 6.07) is 9.11. The predicted octanol–water partition coefficient (Wildman–Crippen LogP) is 4.35. The normalized spacial score (nSPS) is 20.8. The molecule has 2 nitrogen and oxygen atoms in total. The van der Waals surface area contributed by atoms with Gasteiger partial charge in [-0.15, -0.1) is 0 Å². The summed E-state index contributed by atoms with van der Waals surface area (Å²) >= 11 is 3.57. The highest BCUT2D eigenvalue weighted by Gasteiger charge is 2.28. The monoisotopic (exact) mass is 338 g/mol. The lowest BCUT2D eigenvalue weighted by atomic mass is 9.89. The molecule has 1 aromatic rings. The zero-order valence-electron chi connectivity index (χ0n) is 12.7. The SMILES string of the molecule is CCCC1CCN(C(c2cccc(Br)c2)C(C)N)CC1. The van der Waals surface area contributed by atoms with Crippen LogP contribution in [0.3, 0.4) is 0 Å². The first-order chi connectivity index (χ1) is 9.61. The summed E-state index contributed by atoms with van der Waals surface area (Å²) in [4.78, 5) is 2.58. The number of rotatable bonds is 5. The van der Waals surface area contributed by atoms with Crippen LogP contribution >= 0.6 is 15.9 Å². The molecular formula is C17H27BrN2. The number of hydrogen-bond acceptors (Lipinski definition) is 2. The smallest absolute Gasteiger partial charge is 0.0496 e. The zero-order chi connectivity index (χ0) is 14.5. The van der Waals surface area contributed by atoms with Gasteiger partial charge in [0, 0.05) is 16.6 Å². The molecule has 1 saturated heterocycles. The van der Waals surface area contributed by atoms with Gasteiger partial charge in [-0.25, -0.2) is 0 Å². The molecular weight excluding hydrogens is 312 g/mol. The van der Waals surface area contributed by atoms with Crippen molar-refractivity contribution < 1.29 is 0 Å². The second-order valence-electron chi connectivity index (χ2n) is 6.13. The first-order valence-corrected chi connectivity index (χ1v) is 8.66. The summed E-state index contributed by atoms with van der Waals surface area (Å²) in [6.07, 6.45) is 5.34. The Kier molecular flexibility index (Phi) is 6.06. The number of likely N-dealkylation sites (tertiary alicyclic amines) is 1. The molecule has 0 amide bonds. The van der Waals surface area contributed by atoms with Gasteiger partial charge in [-0.3, -0.25) is 4.90 Å².